The molecule has 2 saturated heterocycles. The quantitative estimate of drug-likeness (QED) is 0.0621. The van der Waals surface area contributed by atoms with Crippen LogP contribution in [0.4, 0.5) is 0 Å². The van der Waals surface area contributed by atoms with E-state index in [9.17, 15) is 48.9 Å². The van der Waals surface area contributed by atoms with Gasteiger partial charge in [-0.15, -0.1) is 0 Å². The molecule has 2 unspecified atom stereocenters. The average molecular weight is 685 g/mol. The van der Waals surface area contributed by atoms with E-state index in [1.54, 1.807) is 0 Å². The normalized spacial score (nSPS) is 30.9. The number of aromatic amines is 1. The van der Waals surface area contributed by atoms with E-state index in [2.05, 4.69) is 23.3 Å². The van der Waals surface area contributed by atoms with Crippen molar-refractivity contribution < 1.29 is 101 Å². The zero-order chi connectivity index (χ0) is 32.0. The molecule has 0 aliphatic carbocycles. The number of aliphatic hydroxyl groups is 4. The molecule has 0 bridgehead atoms. The predicted octanol–water partition coefficient (Wildman–Crippen LogP) is -6.96. The maximum absolute atomic E-state index is 12.3. The van der Waals surface area contributed by atoms with Gasteiger partial charge >= 0.3 is 29.6 Å². The summed E-state index contributed by atoms with van der Waals surface area (Å²) in [4.78, 5) is 54.2. The van der Waals surface area contributed by atoms with Gasteiger partial charge in [-0.05, 0) is 12.1 Å². The molecule has 3 aromatic heterocycles. The van der Waals surface area contributed by atoms with Crippen LogP contribution in [-0.4, -0.2) is 90.7 Å². The van der Waals surface area contributed by atoms with E-state index in [-0.39, 0.29) is 46.2 Å². The maximum Gasteiger partial charge on any atom is 1.00 e. The van der Waals surface area contributed by atoms with Crippen molar-refractivity contribution in [2.75, 3.05) is 13.2 Å². The van der Waals surface area contributed by atoms with E-state index in [0.717, 1.165) is 6.33 Å². The standard InChI is InChI=1S/C22H27N5O15P2.Na/c23-18(32)10-2-1-4-26(6-10)21-16(30)14(28)12(40-21)7-38-43(34,35)42-44(36,37)39-8-13-15(29)17(31)22(41-13)27-5-3-11-19(27)24-9-25-20(11)33;/h1-6,9,12-17,21-22,28-31H,7-8H2,(H4-,23,24,25,32,33,34,35,36,37);/q;+1/p-1/t12-,13-,14-,15-,16-,17-,21-,22-;/m1./s1. The van der Waals surface area contributed by atoms with Gasteiger partial charge in [0.1, 0.15) is 41.7 Å². The molecular formula is C22H26N5NaO15P2. The molecule has 2 aliphatic heterocycles. The molecule has 23 heteroatoms. The Bertz CT molecular complexity index is 1690. The molecule has 45 heavy (non-hydrogen) atoms. The summed E-state index contributed by atoms with van der Waals surface area (Å²) in [5, 5.41) is 41.6. The summed E-state index contributed by atoms with van der Waals surface area (Å²) >= 11 is 0. The van der Waals surface area contributed by atoms with Gasteiger partial charge in [0.15, 0.2) is 24.7 Å². The maximum atomic E-state index is 12.3. The fraction of sp³-hybridized carbons (Fsp3) is 0.455. The molecule has 10 atom stereocenters. The van der Waals surface area contributed by atoms with Crippen LogP contribution in [0.2, 0.25) is 0 Å². The topological polar surface area (TPSA) is 305 Å². The van der Waals surface area contributed by atoms with Crippen LogP contribution < -0.4 is 55.2 Å². The van der Waals surface area contributed by atoms with Crippen LogP contribution in [0.15, 0.2) is 47.9 Å². The first-order chi connectivity index (χ1) is 20.7. The van der Waals surface area contributed by atoms with Gasteiger partial charge in [-0.3, -0.25) is 18.7 Å². The Morgan fingerprint density at radius 2 is 1.67 bits per heavy atom. The number of aromatic nitrogens is 4. The second kappa shape index (κ2) is 14.0. The van der Waals surface area contributed by atoms with Crippen molar-refractivity contribution in [1.82, 2.24) is 14.5 Å². The zero-order valence-electron chi connectivity index (χ0n) is 23.2. The Balaban J connectivity index is 0.00000461. The van der Waals surface area contributed by atoms with Crippen molar-refractivity contribution in [3.8, 4) is 0 Å². The number of nitrogens with zero attached hydrogens (tertiary/aromatic N) is 3. The van der Waals surface area contributed by atoms with Gasteiger partial charge in [-0.1, -0.05) is 0 Å². The molecule has 1 amide bonds. The number of nitrogens with one attached hydrogen (secondary N) is 1. The van der Waals surface area contributed by atoms with Crippen LogP contribution in [0.25, 0.3) is 11.0 Å². The fourth-order valence-corrected chi connectivity index (χ4v) is 6.71. The molecule has 2 fully saturated rings. The van der Waals surface area contributed by atoms with Crippen LogP contribution in [0.1, 0.15) is 22.8 Å². The number of hydrogen-bond donors (Lipinski definition) is 6. The molecule has 240 valence electrons. The number of primary amides is 1. The Kier molecular flexibility index (Phi) is 11.2. The summed E-state index contributed by atoms with van der Waals surface area (Å²) in [5.41, 5.74) is 4.90. The second-order valence-corrected chi connectivity index (χ2v) is 12.7. The summed E-state index contributed by atoms with van der Waals surface area (Å²) < 4.78 is 51.0. The molecule has 5 heterocycles. The fourth-order valence-electron chi connectivity index (χ4n) is 4.69. The number of ether oxygens (including phenoxy) is 2. The number of nitrogens with two attached hydrogens (primary N) is 1. The van der Waals surface area contributed by atoms with E-state index < -0.39 is 89.4 Å². The summed E-state index contributed by atoms with van der Waals surface area (Å²) in [6.07, 6.45) is -7.20. The number of fused-ring (bicyclic) bond motifs is 1. The van der Waals surface area contributed by atoms with Crippen molar-refractivity contribution in [3.05, 3.63) is 59.0 Å². The van der Waals surface area contributed by atoms with Crippen molar-refractivity contribution >= 4 is 32.6 Å². The number of pyridine rings is 1. The van der Waals surface area contributed by atoms with Gasteiger partial charge in [0, 0.05) is 12.3 Å². The number of carbonyl (C=O) groups is 1. The van der Waals surface area contributed by atoms with Crippen LogP contribution in [-0.2, 0) is 32.0 Å². The number of hydrogen-bond acceptors (Lipinski definition) is 16. The summed E-state index contributed by atoms with van der Waals surface area (Å²) in [6.45, 7) is -1.99. The molecule has 0 saturated carbocycles. The third-order valence-electron chi connectivity index (χ3n) is 6.86. The minimum absolute atomic E-state index is 0. The van der Waals surface area contributed by atoms with Gasteiger partial charge < -0.3 is 64.0 Å². The first-order valence-corrected chi connectivity index (χ1v) is 15.6. The van der Waals surface area contributed by atoms with Crippen LogP contribution >= 0.6 is 15.6 Å². The van der Waals surface area contributed by atoms with E-state index >= 15 is 0 Å². The van der Waals surface area contributed by atoms with Crippen molar-refractivity contribution in [2.45, 2.75) is 49.1 Å². The van der Waals surface area contributed by atoms with Crippen molar-refractivity contribution in [2.24, 2.45) is 5.73 Å². The smallest absolute Gasteiger partial charge is 0.756 e. The first kappa shape index (κ1) is 35.9. The zero-order valence-corrected chi connectivity index (χ0v) is 27.0. The monoisotopic (exact) mass is 685 g/mol. The third-order valence-corrected chi connectivity index (χ3v) is 9.39. The van der Waals surface area contributed by atoms with Gasteiger partial charge in [0.25, 0.3) is 33.3 Å². The number of phosphoric acid groups is 2. The summed E-state index contributed by atoms with van der Waals surface area (Å²) in [5.74, 6) is -0.782. The first-order valence-electron chi connectivity index (χ1n) is 12.7. The minimum atomic E-state index is -5.69. The number of phosphoric ester groups is 2. The molecule has 5 rings (SSSR count). The molecule has 0 aromatic carbocycles. The van der Waals surface area contributed by atoms with Crippen LogP contribution in [0, 0.1) is 0 Å². The molecule has 0 radical (unpaired) electrons. The predicted molar refractivity (Wildman–Crippen MR) is 136 cm³/mol. The Morgan fingerprint density at radius 3 is 2.31 bits per heavy atom. The van der Waals surface area contributed by atoms with Crippen LogP contribution in [0.5, 0.6) is 0 Å². The Labute approximate surface area is 274 Å². The molecule has 7 N–H and O–H groups in total. The number of H-pyrrole nitrogens is 1. The Morgan fingerprint density at radius 1 is 1.04 bits per heavy atom. The van der Waals surface area contributed by atoms with Crippen molar-refractivity contribution in [1.29, 1.82) is 0 Å². The Hall–Kier alpha value is -1.94. The van der Waals surface area contributed by atoms with Gasteiger partial charge in [0.05, 0.1) is 24.9 Å². The number of aliphatic hydroxyl groups excluding tert-OH is 4. The molecule has 20 nitrogen and oxygen atoms in total. The number of rotatable bonds is 11. The van der Waals surface area contributed by atoms with E-state index in [1.807, 2.05) is 0 Å². The van der Waals surface area contributed by atoms with Crippen molar-refractivity contribution in [3.63, 3.8) is 0 Å². The molecule has 3 aromatic rings. The molecule has 0 spiro atoms. The average Bonchev–Trinajstić information content (AvgIpc) is 3.61. The third kappa shape index (κ3) is 7.79. The van der Waals surface area contributed by atoms with Gasteiger partial charge in [-0.2, -0.15) is 4.57 Å². The van der Waals surface area contributed by atoms with E-state index in [0.29, 0.717) is 0 Å². The number of amides is 1. The second-order valence-electron chi connectivity index (χ2n) is 9.76. The number of carbonyl (C=O) groups excluding carboxylic acids is 1. The van der Waals surface area contributed by atoms with Gasteiger partial charge in [0.2, 0.25) is 0 Å². The van der Waals surface area contributed by atoms with Crippen LogP contribution in [0.3, 0.4) is 0 Å². The molecule has 2 aliphatic rings. The van der Waals surface area contributed by atoms with E-state index in [1.165, 1.54) is 45.9 Å². The SMILES string of the molecule is NC(=O)c1ccc[n+]([C@@H]2O[C@H](COP(=O)([O-])OP(=O)([O-])OC[C@H]3O[C@@H](n4ccc5c(=O)[nH]cnc54)[C@H](O)[C@@H]3O)[C@@H](O)[C@H]2O)c1.[Na+]. The van der Waals surface area contributed by atoms with E-state index in [4.69, 9.17) is 15.2 Å². The summed E-state index contributed by atoms with van der Waals surface area (Å²) in [6, 6.07) is 4.18. The molecular weight excluding hydrogens is 659 g/mol. The minimum Gasteiger partial charge on any atom is -0.756 e. The van der Waals surface area contributed by atoms with Gasteiger partial charge in [-0.25, -0.2) is 9.29 Å². The largest absolute Gasteiger partial charge is 1.00 e. The summed E-state index contributed by atoms with van der Waals surface area (Å²) in [7, 11) is -11.4.